The minimum absolute atomic E-state index is 0.0671. The SMILES string of the molecule is O=C(Cc1ccc(N2C(=O)Cc3ccc(NS(=O)O)cc3C2=O)c(F)c1)CS(=O)(=O)c1cccs1. The number of nitrogens with one attached hydrogen (secondary N) is 1. The smallest absolute Gasteiger partial charge is 0.265 e. The van der Waals surface area contributed by atoms with Gasteiger partial charge in [-0.3, -0.25) is 23.7 Å². The van der Waals surface area contributed by atoms with E-state index in [1.807, 2.05) is 0 Å². The summed E-state index contributed by atoms with van der Waals surface area (Å²) in [6.45, 7) is 0. The van der Waals surface area contributed by atoms with Gasteiger partial charge in [-0.2, -0.15) is 0 Å². The van der Waals surface area contributed by atoms with E-state index in [-0.39, 0.29) is 39.6 Å². The summed E-state index contributed by atoms with van der Waals surface area (Å²) in [6, 6.07) is 10.7. The van der Waals surface area contributed by atoms with Crippen molar-refractivity contribution >= 4 is 61.4 Å². The Balaban J connectivity index is 1.54. The second-order valence-corrected chi connectivity index (χ2v) is 11.5. The molecule has 4 rings (SSSR count). The Hall–Kier alpha value is -3.26. The summed E-state index contributed by atoms with van der Waals surface area (Å²) in [5, 5.41) is 1.58. The van der Waals surface area contributed by atoms with Gasteiger partial charge in [0.25, 0.3) is 17.2 Å². The van der Waals surface area contributed by atoms with E-state index in [1.54, 1.807) is 11.4 Å². The van der Waals surface area contributed by atoms with E-state index in [0.29, 0.717) is 10.5 Å². The lowest BCUT2D eigenvalue weighted by Crippen LogP contribution is -2.43. The summed E-state index contributed by atoms with van der Waals surface area (Å²) in [7, 11) is -3.79. The second-order valence-electron chi connectivity index (χ2n) is 7.63. The van der Waals surface area contributed by atoms with Crippen molar-refractivity contribution in [3.63, 3.8) is 0 Å². The molecule has 2 amide bonds. The molecule has 0 saturated heterocycles. The number of nitrogens with zero attached hydrogens (tertiary/aromatic N) is 1. The summed E-state index contributed by atoms with van der Waals surface area (Å²) in [5.74, 6) is -3.78. The Kier molecular flexibility index (Phi) is 6.94. The zero-order valence-corrected chi connectivity index (χ0v) is 20.2. The summed E-state index contributed by atoms with van der Waals surface area (Å²) >= 11 is -1.38. The molecule has 1 aromatic heterocycles. The van der Waals surface area contributed by atoms with Gasteiger partial charge in [-0.1, -0.05) is 18.2 Å². The lowest BCUT2D eigenvalue weighted by molar-refractivity contribution is -0.118. The highest BCUT2D eigenvalue weighted by Gasteiger charge is 2.34. The van der Waals surface area contributed by atoms with Gasteiger partial charge in [-0.15, -0.1) is 11.3 Å². The molecule has 182 valence electrons. The van der Waals surface area contributed by atoms with Gasteiger partial charge >= 0.3 is 0 Å². The highest BCUT2D eigenvalue weighted by molar-refractivity contribution is 7.94. The van der Waals surface area contributed by atoms with Crippen molar-refractivity contribution in [2.24, 2.45) is 0 Å². The molecule has 3 aromatic rings. The van der Waals surface area contributed by atoms with Crippen LogP contribution in [0.2, 0.25) is 0 Å². The molecular weight excluding hydrogens is 519 g/mol. The minimum atomic E-state index is -3.79. The van der Waals surface area contributed by atoms with Gasteiger partial charge in [0.15, 0.2) is 15.6 Å². The predicted octanol–water partition coefficient (Wildman–Crippen LogP) is 2.75. The summed E-state index contributed by atoms with van der Waals surface area (Å²) < 4.78 is 61.8. The molecule has 0 fully saturated rings. The maximum Gasteiger partial charge on any atom is 0.265 e. The first-order valence-corrected chi connectivity index (χ1v) is 13.6. The van der Waals surface area contributed by atoms with Crippen LogP contribution in [0.5, 0.6) is 0 Å². The van der Waals surface area contributed by atoms with Crippen molar-refractivity contribution in [3.05, 3.63) is 76.4 Å². The molecule has 0 saturated carbocycles. The first kappa shape index (κ1) is 24.9. The minimum Gasteiger partial charge on any atom is -0.298 e. The van der Waals surface area contributed by atoms with Crippen LogP contribution < -0.4 is 9.62 Å². The molecule has 0 radical (unpaired) electrons. The van der Waals surface area contributed by atoms with Crippen LogP contribution in [0.4, 0.5) is 15.8 Å². The molecule has 1 unspecified atom stereocenters. The fourth-order valence-corrected chi connectivity index (χ4v) is 6.32. The predicted molar refractivity (Wildman–Crippen MR) is 128 cm³/mol. The van der Waals surface area contributed by atoms with Crippen molar-refractivity contribution in [2.75, 3.05) is 15.4 Å². The molecule has 0 spiro atoms. The number of Topliss-reactive ketones (excluding diaryl/α,β-unsaturated/α-hetero) is 1. The number of anilines is 2. The van der Waals surface area contributed by atoms with E-state index < -0.39 is 50.3 Å². The van der Waals surface area contributed by atoms with Crippen molar-refractivity contribution in [1.82, 2.24) is 0 Å². The average Bonchev–Trinajstić information content (AvgIpc) is 3.31. The Bertz CT molecular complexity index is 1470. The van der Waals surface area contributed by atoms with Crippen LogP contribution in [0.15, 0.2) is 58.1 Å². The van der Waals surface area contributed by atoms with Crippen LogP contribution in [0.1, 0.15) is 21.5 Å². The summed E-state index contributed by atoms with van der Waals surface area (Å²) in [6.07, 6.45) is -0.538. The van der Waals surface area contributed by atoms with Gasteiger partial charge in [0.05, 0.1) is 12.1 Å². The Morgan fingerprint density at radius 3 is 2.60 bits per heavy atom. The number of carbonyl (C=O) groups excluding carboxylic acids is 3. The van der Waals surface area contributed by atoms with Gasteiger partial charge in [-0.05, 0) is 46.8 Å². The van der Waals surface area contributed by atoms with Crippen LogP contribution >= 0.6 is 11.3 Å². The van der Waals surface area contributed by atoms with Crippen molar-refractivity contribution < 1.29 is 36.0 Å². The Labute approximate surface area is 205 Å². The van der Waals surface area contributed by atoms with E-state index in [2.05, 4.69) is 4.72 Å². The van der Waals surface area contributed by atoms with Crippen molar-refractivity contribution in [3.8, 4) is 0 Å². The fourth-order valence-electron chi connectivity index (χ4n) is 3.66. The molecule has 2 aromatic carbocycles. The van der Waals surface area contributed by atoms with E-state index in [4.69, 9.17) is 4.55 Å². The van der Waals surface area contributed by atoms with Gasteiger partial charge in [0.1, 0.15) is 15.8 Å². The molecule has 0 aliphatic carbocycles. The number of hydrogen-bond acceptors (Lipinski definition) is 7. The second kappa shape index (κ2) is 9.77. The van der Waals surface area contributed by atoms with Crippen LogP contribution in [0.25, 0.3) is 0 Å². The Morgan fingerprint density at radius 1 is 1.17 bits per heavy atom. The number of rotatable bonds is 8. The maximum atomic E-state index is 15.0. The monoisotopic (exact) mass is 536 g/mol. The molecule has 2 heterocycles. The number of halogens is 1. The van der Waals surface area contributed by atoms with Gasteiger partial charge in [0.2, 0.25) is 5.91 Å². The molecule has 35 heavy (non-hydrogen) atoms. The zero-order chi connectivity index (χ0) is 25.3. The summed E-state index contributed by atoms with van der Waals surface area (Å²) in [5.41, 5.74) is 0.487. The standard InChI is InChI=1S/C22H17FN2O7S3/c23-18-9-13(8-16(26)12-35(31,32)21-2-1-7-33-21)3-6-19(18)25-20(27)10-14-4-5-15(24-34(29)30)11-17(14)22(25)28/h1-7,9,11,24H,8,10,12H2,(H,29,30). The molecule has 13 heteroatoms. The maximum absolute atomic E-state index is 15.0. The number of hydrogen-bond donors (Lipinski definition) is 2. The topological polar surface area (TPSA) is 138 Å². The highest BCUT2D eigenvalue weighted by Crippen LogP contribution is 2.30. The normalized spacial score (nSPS) is 14.5. The zero-order valence-electron chi connectivity index (χ0n) is 17.8. The average molecular weight is 537 g/mol. The number of benzene rings is 2. The van der Waals surface area contributed by atoms with Crippen molar-refractivity contribution in [1.29, 1.82) is 0 Å². The van der Waals surface area contributed by atoms with E-state index >= 15 is 0 Å². The summed E-state index contributed by atoms with van der Waals surface area (Å²) in [4.78, 5) is 38.6. The van der Waals surface area contributed by atoms with E-state index in [1.165, 1.54) is 36.4 Å². The number of sulfone groups is 1. The molecule has 1 aliphatic heterocycles. The van der Waals surface area contributed by atoms with Crippen LogP contribution in [-0.4, -0.2) is 40.5 Å². The number of fused-ring (bicyclic) bond motifs is 1. The number of imide groups is 1. The molecule has 2 N–H and O–H groups in total. The molecule has 1 atom stereocenters. The molecule has 0 bridgehead atoms. The highest BCUT2D eigenvalue weighted by atomic mass is 32.2. The van der Waals surface area contributed by atoms with Crippen LogP contribution in [-0.2, 0) is 43.5 Å². The van der Waals surface area contributed by atoms with Crippen LogP contribution in [0, 0.1) is 5.82 Å². The quantitative estimate of drug-likeness (QED) is 0.334. The fraction of sp³-hybridized carbons (Fsp3) is 0.136. The third-order valence-corrected chi connectivity index (χ3v) is 8.72. The molecule has 9 nitrogen and oxygen atoms in total. The largest absolute Gasteiger partial charge is 0.298 e. The number of ketones is 1. The first-order chi connectivity index (χ1) is 16.5. The third-order valence-electron chi connectivity index (χ3n) is 5.15. The third kappa shape index (κ3) is 5.37. The van der Waals surface area contributed by atoms with Crippen molar-refractivity contribution in [2.45, 2.75) is 17.1 Å². The van der Waals surface area contributed by atoms with Gasteiger partial charge in [0, 0.05) is 17.7 Å². The number of carbonyl (C=O) groups is 3. The van der Waals surface area contributed by atoms with Gasteiger partial charge < -0.3 is 0 Å². The van der Waals surface area contributed by atoms with E-state index in [9.17, 15) is 31.4 Å². The lowest BCUT2D eigenvalue weighted by atomic mass is 9.97. The number of thiophene rings is 1. The number of amides is 2. The first-order valence-electron chi connectivity index (χ1n) is 9.99. The van der Waals surface area contributed by atoms with E-state index in [0.717, 1.165) is 17.4 Å². The lowest BCUT2D eigenvalue weighted by Gasteiger charge is -2.27. The van der Waals surface area contributed by atoms with Crippen LogP contribution in [0.3, 0.4) is 0 Å². The molecular formula is C22H17FN2O7S3. The Morgan fingerprint density at radius 2 is 1.94 bits per heavy atom. The van der Waals surface area contributed by atoms with Gasteiger partial charge in [-0.25, -0.2) is 21.9 Å². The molecule has 1 aliphatic rings.